The van der Waals surface area contributed by atoms with Crippen LogP contribution in [0.25, 0.3) is 10.2 Å². The fraction of sp³-hybridized carbons (Fsp3) is 0.529. The van der Waals surface area contributed by atoms with Crippen molar-refractivity contribution in [3.63, 3.8) is 0 Å². The van der Waals surface area contributed by atoms with Crippen LogP contribution in [0, 0.1) is 13.8 Å². The molecule has 122 valence electrons. The molecule has 1 saturated heterocycles. The number of fused-ring (bicyclic) bond motifs is 1. The molecule has 1 aromatic heterocycles. The van der Waals surface area contributed by atoms with E-state index in [9.17, 15) is 9.18 Å². The molecule has 0 bridgehead atoms. The second-order valence-corrected chi connectivity index (χ2v) is 7.82. The summed E-state index contributed by atoms with van der Waals surface area (Å²) in [7, 11) is 0. The third-order valence-electron chi connectivity index (χ3n) is 4.63. The van der Waals surface area contributed by atoms with Crippen LogP contribution in [0.5, 0.6) is 0 Å². The summed E-state index contributed by atoms with van der Waals surface area (Å²) in [5.41, 5.74) is 1.54. The van der Waals surface area contributed by atoms with Gasteiger partial charge in [-0.1, -0.05) is 17.4 Å². The third-order valence-corrected chi connectivity index (χ3v) is 5.69. The number of nitrogens with zero attached hydrogens (tertiary/aromatic N) is 2. The van der Waals surface area contributed by atoms with E-state index >= 15 is 0 Å². The van der Waals surface area contributed by atoms with Gasteiger partial charge in [0, 0.05) is 19.0 Å². The van der Waals surface area contributed by atoms with E-state index in [1.807, 2.05) is 11.8 Å². The van der Waals surface area contributed by atoms with Gasteiger partial charge in [0.2, 0.25) is 5.67 Å². The van der Waals surface area contributed by atoms with Gasteiger partial charge < -0.3 is 10.2 Å². The van der Waals surface area contributed by atoms with Gasteiger partial charge in [-0.15, -0.1) is 0 Å². The molecule has 1 atom stereocenters. The van der Waals surface area contributed by atoms with Crippen molar-refractivity contribution in [1.29, 1.82) is 0 Å². The van der Waals surface area contributed by atoms with Crippen LogP contribution < -0.4 is 10.2 Å². The summed E-state index contributed by atoms with van der Waals surface area (Å²) in [5.74, 6) is -0.448. The molecule has 1 saturated carbocycles. The predicted molar refractivity (Wildman–Crippen MR) is 90.9 cm³/mol. The van der Waals surface area contributed by atoms with Crippen LogP contribution >= 0.6 is 11.3 Å². The number of benzene rings is 1. The Labute approximate surface area is 138 Å². The second-order valence-electron chi connectivity index (χ2n) is 6.81. The van der Waals surface area contributed by atoms with E-state index in [2.05, 4.69) is 29.4 Å². The number of thiazole rings is 1. The Morgan fingerprint density at radius 1 is 1.43 bits per heavy atom. The van der Waals surface area contributed by atoms with E-state index in [0.29, 0.717) is 6.54 Å². The lowest BCUT2D eigenvalue weighted by Crippen LogP contribution is -2.46. The van der Waals surface area contributed by atoms with E-state index in [1.165, 1.54) is 5.56 Å². The summed E-state index contributed by atoms with van der Waals surface area (Å²) in [6.45, 7) is 4.75. The van der Waals surface area contributed by atoms with Crippen LogP contribution in [-0.2, 0) is 4.79 Å². The number of hydrogen-bond donors (Lipinski definition) is 1. The average molecular weight is 333 g/mol. The number of nitrogens with one attached hydrogen (secondary N) is 1. The molecule has 6 heteroatoms. The number of aryl methyl sites for hydroxylation is 2. The normalized spacial score (nSPS) is 24.4. The van der Waals surface area contributed by atoms with Crippen LogP contribution in [0.15, 0.2) is 12.1 Å². The average Bonchev–Trinajstić information content (AvgIpc) is 3.04. The molecule has 0 radical (unpaired) electrons. The van der Waals surface area contributed by atoms with E-state index in [0.717, 1.165) is 33.8 Å². The maximum Gasteiger partial charge on any atom is 0.259 e. The van der Waals surface area contributed by atoms with Gasteiger partial charge in [-0.25, -0.2) is 9.37 Å². The number of amides is 1. The van der Waals surface area contributed by atoms with Crippen molar-refractivity contribution in [1.82, 2.24) is 10.3 Å². The third kappa shape index (κ3) is 2.69. The minimum Gasteiger partial charge on any atom is -0.351 e. The first-order valence-corrected chi connectivity index (χ1v) is 8.89. The molecule has 0 spiro atoms. The molecule has 4 nitrogen and oxygen atoms in total. The molecule has 1 aliphatic carbocycles. The van der Waals surface area contributed by atoms with Crippen molar-refractivity contribution in [2.45, 2.75) is 44.8 Å². The lowest BCUT2D eigenvalue weighted by molar-refractivity contribution is -0.131. The molecule has 1 amide bonds. The van der Waals surface area contributed by atoms with Gasteiger partial charge in [-0.05, 0) is 43.9 Å². The minimum atomic E-state index is -1.79. The highest BCUT2D eigenvalue weighted by atomic mass is 32.1. The molecule has 1 N–H and O–H groups in total. The SMILES string of the molecule is Cc1cc(C)c2nc(N3CCC(F)(C(=O)NC4CC4)C3)sc2c1. The number of carbonyl (C=O) groups is 1. The van der Waals surface area contributed by atoms with Gasteiger partial charge in [-0.2, -0.15) is 0 Å². The zero-order valence-corrected chi connectivity index (χ0v) is 14.2. The standard InChI is InChI=1S/C17H20FN3OS/c1-10-7-11(2)14-13(8-10)23-16(20-14)21-6-5-17(18,9-21)15(22)19-12-3-4-12/h7-8,12H,3-6,9H2,1-2H3,(H,19,22). The van der Waals surface area contributed by atoms with Crippen molar-refractivity contribution in [2.75, 3.05) is 18.0 Å². The summed E-state index contributed by atoms with van der Waals surface area (Å²) in [6.07, 6.45) is 2.18. The molecule has 2 aliphatic rings. The summed E-state index contributed by atoms with van der Waals surface area (Å²) < 4.78 is 16.1. The Balaban J connectivity index is 1.57. The molecule has 2 aromatic rings. The molecular formula is C17H20FN3OS. The van der Waals surface area contributed by atoms with Crippen molar-refractivity contribution >= 4 is 32.6 Å². The van der Waals surface area contributed by atoms with Crippen molar-refractivity contribution < 1.29 is 9.18 Å². The van der Waals surface area contributed by atoms with Crippen LogP contribution in [0.1, 0.15) is 30.4 Å². The highest BCUT2D eigenvalue weighted by Gasteiger charge is 2.47. The number of hydrogen-bond acceptors (Lipinski definition) is 4. The summed E-state index contributed by atoms with van der Waals surface area (Å²) in [4.78, 5) is 18.7. The molecule has 1 unspecified atom stereocenters. The largest absolute Gasteiger partial charge is 0.351 e. The van der Waals surface area contributed by atoms with E-state index in [1.54, 1.807) is 11.3 Å². The fourth-order valence-electron chi connectivity index (χ4n) is 3.16. The maximum absolute atomic E-state index is 15.0. The van der Waals surface area contributed by atoms with Crippen LogP contribution in [-0.4, -0.2) is 35.7 Å². The number of alkyl halides is 1. The van der Waals surface area contributed by atoms with Gasteiger partial charge >= 0.3 is 0 Å². The Hall–Kier alpha value is -1.69. The Morgan fingerprint density at radius 3 is 2.96 bits per heavy atom. The lowest BCUT2D eigenvalue weighted by Gasteiger charge is -2.19. The Bertz CT molecular complexity index is 785. The molecule has 23 heavy (non-hydrogen) atoms. The zero-order valence-electron chi connectivity index (χ0n) is 13.4. The molecule has 2 heterocycles. The molecular weight excluding hydrogens is 313 g/mol. The quantitative estimate of drug-likeness (QED) is 0.939. The van der Waals surface area contributed by atoms with Crippen LogP contribution in [0.2, 0.25) is 0 Å². The van der Waals surface area contributed by atoms with E-state index in [4.69, 9.17) is 0 Å². The monoisotopic (exact) mass is 333 g/mol. The number of anilines is 1. The Kier molecular flexibility index (Phi) is 3.34. The molecule has 2 fully saturated rings. The van der Waals surface area contributed by atoms with Gasteiger partial charge in [0.05, 0.1) is 16.8 Å². The first-order chi connectivity index (χ1) is 10.9. The predicted octanol–water partition coefficient (Wildman–Crippen LogP) is 3.11. The van der Waals surface area contributed by atoms with Gasteiger partial charge in [-0.3, -0.25) is 4.79 Å². The smallest absolute Gasteiger partial charge is 0.259 e. The second kappa shape index (κ2) is 5.16. The topological polar surface area (TPSA) is 45.2 Å². The number of carbonyl (C=O) groups excluding carboxylic acids is 1. The van der Waals surface area contributed by atoms with E-state index < -0.39 is 11.6 Å². The molecule has 1 aromatic carbocycles. The van der Waals surface area contributed by atoms with Crippen molar-refractivity contribution in [3.8, 4) is 0 Å². The van der Waals surface area contributed by atoms with Crippen LogP contribution in [0.3, 0.4) is 0 Å². The van der Waals surface area contributed by atoms with Gasteiger partial charge in [0.15, 0.2) is 5.13 Å². The van der Waals surface area contributed by atoms with Gasteiger partial charge in [0.25, 0.3) is 5.91 Å². The van der Waals surface area contributed by atoms with Crippen molar-refractivity contribution in [3.05, 3.63) is 23.3 Å². The molecule has 1 aliphatic heterocycles. The number of aromatic nitrogens is 1. The highest BCUT2D eigenvalue weighted by Crippen LogP contribution is 2.36. The minimum absolute atomic E-state index is 0.101. The summed E-state index contributed by atoms with van der Waals surface area (Å²) in [6, 6.07) is 4.41. The first-order valence-electron chi connectivity index (χ1n) is 8.07. The summed E-state index contributed by atoms with van der Waals surface area (Å²) >= 11 is 1.58. The van der Waals surface area contributed by atoms with Crippen LogP contribution in [0.4, 0.5) is 9.52 Å². The fourth-order valence-corrected chi connectivity index (χ4v) is 4.32. The van der Waals surface area contributed by atoms with Crippen molar-refractivity contribution in [2.24, 2.45) is 0 Å². The zero-order chi connectivity index (χ0) is 16.2. The number of halogens is 1. The van der Waals surface area contributed by atoms with Gasteiger partial charge in [0.1, 0.15) is 0 Å². The highest BCUT2D eigenvalue weighted by molar-refractivity contribution is 7.22. The molecule has 4 rings (SSSR count). The summed E-state index contributed by atoms with van der Waals surface area (Å²) in [5, 5.41) is 3.61. The Morgan fingerprint density at radius 2 is 2.22 bits per heavy atom. The number of rotatable bonds is 3. The first kappa shape index (κ1) is 14.9. The lowest BCUT2D eigenvalue weighted by atomic mass is 10.1. The van der Waals surface area contributed by atoms with E-state index in [-0.39, 0.29) is 19.0 Å². The maximum atomic E-state index is 15.0.